The number of nitrogens with zero attached hydrogens (tertiary/aromatic N) is 2. The topological polar surface area (TPSA) is 59.2 Å². The van der Waals surface area contributed by atoms with E-state index in [4.69, 9.17) is 5.73 Å². The summed E-state index contributed by atoms with van der Waals surface area (Å²) >= 11 is 0. The first-order valence-corrected chi connectivity index (χ1v) is 5.89. The van der Waals surface area contributed by atoms with Crippen molar-refractivity contribution in [2.75, 3.05) is 12.8 Å². The van der Waals surface area contributed by atoms with Gasteiger partial charge in [0.25, 0.3) is 5.91 Å². The normalized spacial score (nSPS) is 10.3. The van der Waals surface area contributed by atoms with Crippen molar-refractivity contribution in [1.82, 2.24) is 9.88 Å². The molecule has 0 atom stereocenters. The van der Waals surface area contributed by atoms with Crippen LogP contribution in [-0.2, 0) is 6.54 Å². The van der Waals surface area contributed by atoms with Gasteiger partial charge in [0, 0.05) is 13.2 Å². The second kappa shape index (κ2) is 5.64. The van der Waals surface area contributed by atoms with Crippen molar-refractivity contribution in [3.05, 3.63) is 59.4 Å². The summed E-state index contributed by atoms with van der Waals surface area (Å²) in [5.74, 6) is -2.75. The molecule has 1 aromatic heterocycles. The van der Waals surface area contributed by atoms with E-state index in [0.717, 1.165) is 12.1 Å². The highest BCUT2D eigenvalue weighted by Crippen LogP contribution is 2.20. The quantitative estimate of drug-likeness (QED) is 0.875. The van der Waals surface area contributed by atoms with Crippen molar-refractivity contribution in [1.29, 1.82) is 0 Å². The molecular weight excluding hydrogens is 264 g/mol. The Balaban J connectivity index is 2.26. The molecule has 0 fully saturated rings. The molecule has 0 radical (unpaired) electrons. The molecule has 0 saturated carbocycles. The van der Waals surface area contributed by atoms with E-state index in [1.54, 1.807) is 24.4 Å². The number of hydrogen-bond acceptors (Lipinski definition) is 3. The highest BCUT2D eigenvalue weighted by Gasteiger charge is 2.22. The van der Waals surface area contributed by atoms with Crippen LogP contribution in [0.3, 0.4) is 0 Å². The van der Waals surface area contributed by atoms with Gasteiger partial charge >= 0.3 is 0 Å². The first-order valence-electron chi connectivity index (χ1n) is 5.89. The van der Waals surface area contributed by atoms with Crippen LogP contribution in [0.25, 0.3) is 0 Å². The number of halogens is 2. The molecular formula is C14H13F2N3O. The van der Waals surface area contributed by atoms with Crippen LogP contribution in [0.15, 0.2) is 36.5 Å². The molecule has 4 nitrogen and oxygen atoms in total. The molecule has 2 N–H and O–H groups in total. The molecule has 0 saturated heterocycles. The van der Waals surface area contributed by atoms with Gasteiger partial charge in [0.2, 0.25) is 0 Å². The Morgan fingerprint density at radius 1 is 1.30 bits per heavy atom. The average molecular weight is 277 g/mol. The van der Waals surface area contributed by atoms with Gasteiger partial charge in [-0.2, -0.15) is 0 Å². The predicted octanol–water partition coefficient (Wildman–Crippen LogP) is 2.21. The van der Waals surface area contributed by atoms with Crippen LogP contribution in [0.5, 0.6) is 0 Å². The Bertz CT molecular complexity index is 632. The Labute approximate surface area is 114 Å². The van der Waals surface area contributed by atoms with Crippen LogP contribution in [0.1, 0.15) is 16.1 Å². The maximum Gasteiger partial charge on any atom is 0.260 e. The lowest BCUT2D eigenvalue weighted by Crippen LogP contribution is -2.28. The molecule has 1 aromatic carbocycles. The van der Waals surface area contributed by atoms with E-state index >= 15 is 0 Å². The zero-order valence-electron chi connectivity index (χ0n) is 10.8. The van der Waals surface area contributed by atoms with Crippen LogP contribution in [0.2, 0.25) is 0 Å². The van der Waals surface area contributed by atoms with Crippen molar-refractivity contribution in [2.24, 2.45) is 0 Å². The highest BCUT2D eigenvalue weighted by molar-refractivity contribution is 5.95. The fourth-order valence-corrected chi connectivity index (χ4v) is 1.76. The largest absolute Gasteiger partial charge is 0.396 e. The van der Waals surface area contributed by atoms with Gasteiger partial charge in [0.15, 0.2) is 5.82 Å². The van der Waals surface area contributed by atoms with E-state index in [-0.39, 0.29) is 12.2 Å². The number of hydrogen-bond donors (Lipinski definition) is 1. The first-order chi connectivity index (χ1) is 9.50. The number of nitrogens with two attached hydrogens (primary N) is 1. The summed E-state index contributed by atoms with van der Waals surface area (Å²) in [6.07, 6.45) is 1.58. The minimum absolute atomic E-state index is 0.146. The zero-order valence-corrected chi connectivity index (χ0v) is 10.8. The lowest BCUT2D eigenvalue weighted by atomic mass is 10.1. The molecule has 1 amide bonds. The minimum Gasteiger partial charge on any atom is -0.396 e. The predicted molar refractivity (Wildman–Crippen MR) is 70.8 cm³/mol. The first kappa shape index (κ1) is 13.9. The molecule has 6 heteroatoms. The molecule has 1 heterocycles. The minimum atomic E-state index is -1.04. The van der Waals surface area contributed by atoms with Crippen molar-refractivity contribution >= 4 is 11.6 Å². The van der Waals surface area contributed by atoms with Gasteiger partial charge in [-0.3, -0.25) is 9.78 Å². The smallest absolute Gasteiger partial charge is 0.260 e. The Kier molecular flexibility index (Phi) is 3.93. The SMILES string of the molecule is CN(Cc1ccccn1)C(=O)c1c(F)ccc(N)c1F. The van der Waals surface area contributed by atoms with E-state index in [0.29, 0.717) is 5.69 Å². The van der Waals surface area contributed by atoms with E-state index in [9.17, 15) is 13.6 Å². The standard InChI is InChI=1S/C14H13F2N3O/c1-19(8-9-4-2-3-7-18-9)14(20)12-10(15)5-6-11(17)13(12)16/h2-7H,8,17H2,1H3. The summed E-state index contributed by atoms with van der Waals surface area (Å²) < 4.78 is 27.4. The second-order valence-electron chi connectivity index (χ2n) is 4.31. The maximum absolute atomic E-state index is 13.8. The van der Waals surface area contributed by atoms with Crippen LogP contribution in [0, 0.1) is 11.6 Å². The molecule has 0 aliphatic rings. The van der Waals surface area contributed by atoms with Gasteiger partial charge in [-0.15, -0.1) is 0 Å². The molecule has 2 rings (SSSR count). The number of anilines is 1. The Morgan fingerprint density at radius 3 is 2.70 bits per heavy atom. The van der Waals surface area contributed by atoms with E-state index in [2.05, 4.69) is 4.98 Å². The number of carbonyl (C=O) groups is 1. The Hall–Kier alpha value is -2.50. The maximum atomic E-state index is 13.8. The molecule has 104 valence electrons. The molecule has 0 spiro atoms. The van der Waals surface area contributed by atoms with E-state index in [1.165, 1.54) is 11.9 Å². The van der Waals surface area contributed by atoms with Gasteiger partial charge in [0.1, 0.15) is 11.4 Å². The van der Waals surface area contributed by atoms with Gasteiger partial charge in [0.05, 0.1) is 17.9 Å². The van der Waals surface area contributed by atoms with Crippen molar-refractivity contribution in [3.8, 4) is 0 Å². The Morgan fingerprint density at radius 2 is 2.05 bits per heavy atom. The number of pyridine rings is 1. The second-order valence-corrected chi connectivity index (χ2v) is 4.31. The third kappa shape index (κ3) is 2.74. The molecule has 0 unspecified atom stereocenters. The monoisotopic (exact) mass is 277 g/mol. The van der Waals surface area contributed by atoms with Gasteiger partial charge in [-0.1, -0.05) is 6.07 Å². The molecule has 0 bridgehead atoms. The van der Waals surface area contributed by atoms with Crippen LogP contribution < -0.4 is 5.73 Å². The third-order valence-corrected chi connectivity index (χ3v) is 2.81. The van der Waals surface area contributed by atoms with Crippen molar-refractivity contribution in [3.63, 3.8) is 0 Å². The molecule has 0 aliphatic heterocycles. The fraction of sp³-hybridized carbons (Fsp3) is 0.143. The summed E-state index contributed by atoms with van der Waals surface area (Å²) in [5, 5.41) is 0. The summed E-state index contributed by atoms with van der Waals surface area (Å²) in [4.78, 5) is 17.3. The number of carbonyl (C=O) groups excluding carboxylic acids is 1. The molecule has 20 heavy (non-hydrogen) atoms. The molecule has 0 aliphatic carbocycles. The van der Waals surface area contributed by atoms with Gasteiger partial charge in [-0.05, 0) is 24.3 Å². The van der Waals surface area contributed by atoms with Crippen LogP contribution >= 0.6 is 0 Å². The number of benzene rings is 1. The summed E-state index contributed by atoms with van der Waals surface area (Å²) in [6.45, 7) is 0.146. The average Bonchev–Trinajstić information content (AvgIpc) is 2.44. The van der Waals surface area contributed by atoms with E-state index < -0.39 is 23.1 Å². The number of aromatic nitrogens is 1. The van der Waals surface area contributed by atoms with E-state index in [1.807, 2.05) is 0 Å². The fourth-order valence-electron chi connectivity index (χ4n) is 1.76. The number of amides is 1. The lowest BCUT2D eigenvalue weighted by molar-refractivity contribution is 0.0774. The number of rotatable bonds is 3. The zero-order chi connectivity index (χ0) is 14.7. The van der Waals surface area contributed by atoms with Gasteiger partial charge in [-0.25, -0.2) is 8.78 Å². The summed E-state index contributed by atoms with van der Waals surface area (Å²) in [7, 11) is 1.44. The van der Waals surface area contributed by atoms with Crippen molar-refractivity contribution < 1.29 is 13.6 Å². The van der Waals surface area contributed by atoms with Crippen LogP contribution in [0.4, 0.5) is 14.5 Å². The third-order valence-electron chi connectivity index (χ3n) is 2.81. The molecule has 2 aromatic rings. The highest BCUT2D eigenvalue weighted by atomic mass is 19.1. The van der Waals surface area contributed by atoms with Crippen LogP contribution in [-0.4, -0.2) is 22.8 Å². The lowest BCUT2D eigenvalue weighted by Gasteiger charge is -2.17. The van der Waals surface area contributed by atoms with Crippen molar-refractivity contribution in [2.45, 2.75) is 6.54 Å². The summed E-state index contributed by atoms with van der Waals surface area (Å²) in [6, 6.07) is 7.28. The summed E-state index contributed by atoms with van der Waals surface area (Å²) in [5.41, 5.74) is 5.06. The van der Waals surface area contributed by atoms with Gasteiger partial charge < -0.3 is 10.6 Å². The number of nitrogen functional groups attached to an aromatic ring is 1.